The molecule has 0 unspecified atom stereocenters. The van der Waals surface area contributed by atoms with Crippen LogP contribution in [0.25, 0.3) is 0 Å². The number of aliphatic hydroxyl groups is 1. The molecule has 0 radical (unpaired) electrons. The molecule has 0 spiro atoms. The Bertz CT molecular complexity index is 350. The van der Waals surface area contributed by atoms with Gasteiger partial charge in [-0.3, -0.25) is 0 Å². The van der Waals surface area contributed by atoms with Crippen molar-refractivity contribution in [3.8, 4) is 0 Å². The third-order valence-corrected chi connectivity index (χ3v) is 2.32. The van der Waals surface area contributed by atoms with Crippen LogP contribution in [0.15, 0.2) is 18.2 Å². The fourth-order valence-electron chi connectivity index (χ4n) is 1.34. The van der Waals surface area contributed by atoms with Crippen LogP contribution in [0.4, 0.5) is 0 Å². The summed E-state index contributed by atoms with van der Waals surface area (Å²) >= 11 is 5.79. The van der Waals surface area contributed by atoms with Crippen LogP contribution in [0, 0.1) is 0 Å². The van der Waals surface area contributed by atoms with Gasteiger partial charge in [0.05, 0.1) is 12.7 Å². The number of aryl methyl sites for hydroxylation is 1. The van der Waals surface area contributed by atoms with E-state index in [0.29, 0.717) is 23.4 Å². The van der Waals surface area contributed by atoms with E-state index in [1.165, 1.54) is 7.11 Å². The zero-order valence-corrected chi connectivity index (χ0v) is 9.25. The molecule has 1 rings (SSSR count). The molecule has 15 heavy (non-hydrogen) atoms. The van der Waals surface area contributed by atoms with Crippen LogP contribution in [-0.2, 0) is 11.2 Å². The van der Waals surface area contributed by atoms with Gasteiger partial charge in [0.2, 0.25) is 0 Å². The van der Waals surface area contributed by atoms with E-state index >= 15 is 0 Å². The molecular weight excluding hydrogens is 216 g/mol. The monoisotopic (exact) mass is 228 g/mol. The lowest BCUT2D eigenvalue weighted by Gasteiger charge is -2.07. The van der Waals surface area contributed by atoms with Crippen LogP contribution >= 0.6 is 11.6 Å². The van der Waals surface area contributed by atoms with E-state index in [9.17, 15) is 4.79 Å². The average Bonchev–Trinajstić information content (AvgIpc) is 2.26. The van der Waals surface area contributed by atoms with Crippen molar-refractivity contribution < 1.29 is 14.6 Å². The zero-order valence-electron chi connectivity index (χ0n) is 8.50. The Morgan fingerprint density at radius 2 is 2.27 bits per heavy atom. The van der Waals surface area contributed by atoms with E-state index in [0.717, 1.165) is 5.56 Å². The van der Waals surface area contributed by atoms with Crippen LogP contribution in [0.2, 0.25) is 5.02 Å². The molecule has 0 saturated heterocycles. The lowest BCUT2D eigenvalue weighted by Crippen LogP contribution is -2.06. The first-order chi connectivity index (χ1) is 7.19. The second kappa shape index (κ2) is 5.73. The van der Waals surface area contributed by atoms with E-state index in [1.54, 1.807) is 18.2 Å². The summed E-state index contributed by atoms with van der Waals surface area (Å²) in [6.07, 6.45) is 1.25. The quantitative estimate of drug-likeness (QED) is 0.803. The Labute approximate surface area is 93.6 Å². The number of esters is 1. The maximum atomic E-state index is 11.4. The second-order valence-electron chi connectivity index (χ2n) is 3.12. The van der Waals surface area contributed by atoms with E-state index in [2.05, 4.69) is 4.74 Å². The Hall–Kier alpha value is -1.06. The lowest BCUT2D eigenvalue weighted by atomic mass is 10.0. The van der Waals surface area contributed by atoms with Gasteiger partial charge in [-0.15, -0.1) is 0 Å². The third-order valence-electron chi connectivity index (χ3n) is 2.08. The number of hydrogen-bond acceptors (Lipinski definition) is 3. The van der Waals surface area contributed by atoms with Crippen LogP contribution in [-0.4, -0.2) is 24.8 Å². The standard InChI is InChI=1S/C11H13ClO3/c1-15-11(14)10-7-9(12)5-4-8(10)3-2-6-13/h4-5,7,13H,2-3,6H2,1H3. The molecule has 4 heteroatoms. The highest BCUT2D eigenvalue weighted by Crippen LogP contribution is 2.18. The SMILES string of the molecule is COC(=O)c1cc(Cl)ccc1CCCO. The van der Waals surface area contributed by atoms with Crippen molar-refractivity contribution in [3.63, 3.8) is 0 Å². The molecular formula is C11H13ClO3. The molecule has 0 atom stereocenters. The molecule has 0 aliphatic carbocycles. The second-order valence-corrected chi connectivity index (χ2v) is 3.56. The van der Waals surface area contributed by atoms with E-state index in [-0.39, 0.29) is 6.61 Å². The molecule has 1 aromatic carbocycles. The topological polar surface area (TPSA) is 46.5 Å². The summed E-state index contributed by atoms with van der Waals surface area (Å²) in [5.74, 6) is -0.398. The predicted octanol–water partition coefficient (Wildman–Crippen LogP) is 2.05. The van der Waals surface area contributed by atoms with Gasteiger partial charge in [0.15, 0.2) is 0 Å². The molecule has 82 valence electrons. The maximum absolute atomic E-state index is 11.4. The van der Waals surface area contributed by atoms with Crippen molar-refractivity contribution in [2.75, 3.05) is 13.7 Å². The number of ether oxygens (including phenoxy) is 1. The van der Waals surface area contributed by atoms with Crippen molar-refractivity contribution in [2.45, 2.75) is 12.8 Å². The van der Waals surface area contributed by atoms with Gasteiger partial charge in [-0.1, -0.05) is 17.7 Å². The summed E-state index contributed by atoms with van der Waals surface area (Å²) in [5.41, 5.74) is 1.32. The van der Waals surface area contributed by atoms with E-state index in [4.69, 9.17) is 16.7 Å². The van der Waals surface area contributed by atoms with Crippen LogP contribution in [0.1, 0.15) is 22.3 Å². The summed E-state index contributed by atoms with van der Waals surface area (Å²) < 4.78 is 4.65. The van der Waals surface area contributed by atoms with Gasteiger partial charge in [-0.05, 0) is 30.5 Å². The van der Waals surface area contributed by atoms with Gasteiger partial charge in [-0.2, -0.15) is 0 Å². The molecule has 0 bridgehead atoms. The Kier molecular flexibility index (Phi) is 4.59. The number of aliphatic hydroxyl groups excluding tert-OH is 1. The lowest BCUT2D eigenvalue weighted by molar-refractivity contribution is 0.0599. The van der Waals surface area contributed by atoms with Gasteiger partial charge in [-0.25, -0.2) is 4.79 Å². The molecule has 0 saturated carbocycles. The smallest absolute Gasteiger partial charge is 0.338 e. The fraction of sp³-hybridized carbons (Fsp3) is 0.364. The van der Waals surface area contributed by atoms with E-state index < -0.39 is 5.97 Å². The van der Waals surface area contributed by atoms with Crippen molar-refractivity contribution in [1.29, 1.82) is 0 Å². The fourth-order valence-corrected chi connectivity index (χ4v) is 1.51. The summed E-state index contributed by atoms with van der Waals surface area (Å²) in [7, 11) is 1.33. The molecule has 3 nitrogen and oxygen atoms in total. The van der Waals surface area contributed by atoms with Crippen molar-refractivity contribution in [3.05, 3.63) is 34.3 Å². The number of methoxy groups -OCH3 is 1. The summed E-state index contributed by atoms with van der Waals surface area (Å²) in [5, 5.41) is 9.23. The minimum Gasteiger partial charge on any atom is -0.465 e. The molecule has 1 aromatic rings. The molecule has 0 aromatic heterocycles. The first-order valence-corrected chi connectivity index (χ1v) is 5.04. The van der Waals surface area contributed by atoms with Crippen molar-refractivity contribution in [2.24, 2.45) is 0 Å². The van der Waals surface area contributed by atoms with Gasteiger partial charge in [0.25, 0.3) is 0 Å². The van der Waals surface area contributed by atoms with Gasteiger partial charge in [0, 0.05) is 11.6 Å². The average molecular weight is 229 g/mol. The highest BCUT2D eigenvalue weighted by Gasteiger charge is 2.11. The molecule has 0 amide bonds. The van der Waals surface area contributed by atoms with Crippen LogP contribution in [0.5, 0.6) is 0 Å². The number of hydrogen-bond donors (Lipinski definition) is 1. The van der Waals surface area contributed by atoms with Crippen molar-refractivity contribution >= 4 is 17.6 Å². The highest BCUT2D eigenvalue weighted by atomic mass is 35.5. The third kappa shape index (κ3) is 3.22. The van der Waals surface area contributed by atoms with E-state index in [1.807, 2.05) is 0 Å². The van der Waals surface area contributed by atoms with Crippen LogP contribution in [0.3, 0.4) is 0 Å². The first kappa shape index (κ1) is 12.0. The summed E-state index contributed by atoms with van der Waals surface area (Å²) in [6.45, 7) is 0.100. The Morgan fingerprint density at radius 1 is 1.53 bits per heavy atom. The maximum Gasteiger partial charge on any atom is 0.338 e. The van der Waals surface area contributed by atoms with Gasteiger partial charge >= 0.3 is 5.97 Å². The minimum atomic E-state index is -0.398. The van der Waals surface area contributed by atoms with Gasteiger partial charge < -0.3 is 9.84 Å². The molecule has 0 fully saturated rings. The number of halogens is 1. The number of carbonyl (C=O) groups is 1. The summed E-state index contributed by atoms with van der Waals surface area (Å²) in [6, 6.07) is 5.09. The zero-order chi connectivity index (χ0) is 11.3. The Balaban J connectivity index is 2.97. The highest BCUT2D eigenvalue weighted by molar-refractivity contribution is 6.31. The predicted molar refractivity (Wildman–Crippen MR) is 58.2 cm³/mol. The molecule has 0 aliphatic heterocycles. The summed E-state index contributed by atoms with van der Waals surface area (Å²) in [4.78, 5) is 11.4. The largest absolute Gasteiger partial charge is 0.465 e. The minimum absolute atomic E-state index is 0.100. The Morgan fingerprint density at radius 3 is 2.87 bits per heavy atom. The van der Waals surface area contributed by atoms with Crippen LogP contribution < -0.4 is 0 Å². The normalized spacial score (nSPS) is 10.1. The molecule has 0 heterocycles. The number of carbonyl (C=O) groups excluding carboxylic acids is 1. The number of rotatable bonds is 4. The van der Waals surface area contributed by atoms with Crippen molar-refractivity contribution in [1.82, 2.24) is 0 Å². The molecule has 0 aliphatic rings. The first-order valence-electron chi connectivity index (χ1n) is 4.66. The molecule has 1 N–H and O–H groups in total. The van der Waals surface area contributed by atoms with Gasteiger partial charge in [0.1, 0.15) is 0 Å². The number of benzene rings is 1.